The normalized spacial score (nSPS) is 10.4. The Balaban J connectivity index is 1.96. The first kappa shape index (κ1) is 11.1. The van der Waals surface area contributed by atoms with Crippen molar-refractivity contribution in [2.75, 3.05) is 12.4 Å². The van der Waals surface area contributed by atoms with E-state index in [1.54, 1.807) is 11.3 Å². The molecule has 0 atom stereocenters. The van der Waals surface area contributed by atoms with Crippen LogP contribution in [0.25, 0.3) is 0 Å². The van der Waals surface area contributed by atoms with E-state index in [2.05, 4.69) is 46.9 Å². The number of anilines is 1. The van der Waals surface area contributed by atoms with Crippen molar-refractivity contribution in [3.05, 3.63) is 46.5 Å². The molecule has 3 heteroatoms. The molecular weight excluding hydrogens is 216 g/mol. The molecule has 0 saturated heterocycles. The number of aryl methyl sites for hydroxylation is 3. The third kappa shape index (κ3) is 2.83. The summed E-state index contributed by atoms with van der Waals surface area (Å²) in [6.07, 6.45) is 2.08. The average Bonchev–Trinajstić information content (AvgIpc) is 2.74. The largest absolute Gasteiger partial charge is 0.365 e. The summed E-state index contributed by atoms with van der Waals surface area (Å²) in [6.45, 7) is 2.13. The van der Waals surface area contributed by atoms with Crippen molar-refractivity contribution in [1.29, 1.82) is 0 Å². The molecule has 2 rings (SSSR count). The van der Waals surface area contributed by atoms with Gasteiger partial charge in [-0.25, -0.2) is 4.98 Å². The van der Waals surface area contributed by atoms with E-state index in [9.17, 15) is 0 Å². The summed E-state index contributed by atoms with van der Waals surface area (Å²) in [7, 11) is 1.91. The number of hydrogen-bond acceptors (Lipinski definition) is 3. The molecule has 0 fully saturated rings. The molecule has 2 aromatic rings. The highest BCUT2D eigenvalue weighted by atomic mass is 32.1. The molecule has 0 amide bonds. The summed E-state index contributed by atoms with van der Waals surface area (Å²) in [6, 6.07) is 8.67. The third-order valence-electron chi connectivity index (χ3n) is 2.52. The molecule has 0 aliphatic rings. The average molecular weight is 232 g/mol. The maximum atomic E-state index is 4.47. The molecule has 0 bridgehead atoms. The van der Waals surface area contributed by atoms with Crippen molar-refractivity contribution < 1.29 is 0 Å². The Bertz CT molecular complexity index is 462. The first-order valence-electron chi connectivity index (χ1n) is 5.45. The Morgan fingerprint density at radius 2 is 2.19 bits per heavy atom. The molecule has 1 N–H and O–H groups in total. The highest BCUT2D eigenvalue weighted by Crippen LogP contribution is 2.16. The Labute approximate surface area is 100 Å². The fourth-order valence-electron chi connectivity index (χ4n) is 1.68. The summed E-state index contributed by atoms with van der Waals surface area (Å²) in [5.41, 5.74) is 3.89. The van der Waals surface area contributed by atoms with Crippen LogP contribution in [0.1, 0.15) is 16.8 Å². The molecule has 16 heavy (non-hydrogen) atoms. The second-order valence-electron chi connectivity index (χ2n) is 3.88. The first-order valence-corrected chi connectivity index (χ1v) is 6.33. The number of thiazole rings is 1. The van der Waals surface area contributed by atoms with E-state index in [1.807, 2.05) is 7.05 Å². The van der Waals surface area contributed by atoms with E-state index in [-0.39, 0.29) is 0 Å². The Hall–Kier alpha value is -1.35. The van der Waals surface area contributed by atoms with Crippen LogP contribution >= 0.6 is 11.3 Å². The topological polar surface area (TPSA) is 24.9 Å². The zero-order valence-electron chi connectivity index (χ0n) is 9.66. The molecule has 1 aromatic heterocycles. The lowest BCUT2D eigenvalue weighted by molar-refractivity contribution is 0.925. The van der Waals surface area contributed by atoms with Crippen molar-refractivity contribution in [3.8, 4) is 0 Å². The van der Waals surface area contributed by atoms with E-state index in [1.165, 1.54) is 16.8 Å². The highest BCUT2D eigenvalue weighted by Gasteiger charge is 2.01. The van der Waals surface area contributed by atoms with E-state index < -0.39 is 0 Å². The van der Waals surface area contributed by atoms with Gasteiger partial charge in [-0.15, -0.1) is 11.3 Å². The summed E-state index contributed by atoms with van der Waals surface area (Å²) in [4.78, 5) is 4.47. The highest BCUT2D eigenvalue weighted by molar-refractivity contribution is 7.13. The van der Waals surface area contributed by atoms with Crippen molar-refractivity contribution in [1.82, 2.24) is 4.98 Å². The summed E-state index contributed by atoms with van der Waals surface area (Å²) in [5, 5.41) is 6.19. The molecular formula is C13H16N2S. The standard InChI is InChI=1S/C13H16N2S/c1-10-4-3-5-11(8-10)6-7-12-9-16-13(14-2)15-12/h3-5,8-9H,6-7H2,1-2H3,(H,14,15). The van der Waals surface area contributed by atoms with Gasteiger partial charge in [0, 0.05) is 12.4 Å². The molecule has 1 aromatic carbocycles. The molecule has 0 saturated carbocycles. The van der Waals surface area contributed by atoms with Crippen molar-refractivity contribution >= 4 is 16.5 Å². The van der Waals surface area contributed by atoms with Crippen molar-refractivity contribution in [3.63, 3.8) is 0 Å². The summed E-state index contributed by atoms with van der Waals surface area (Å²) < 4.78 is 0. The van der Waals surface area contributed by atoms with Crippen LogP contribution in [0.15, 0.2) is 29.6 Å². The lowest BCUT2D eigenvalue weighted by atomic mass is 10.1. The van der Waals surface area contributed by atoms with Gasteiger partial charge in [-0.2, -0.15) is 0 Å². The van der Waals surface area contributed by atoms with Crippen LogP contribution in [0.2, 0.25) is 0 Å². The van der Waals surface area contributed by atoms with Crippen LogP contribution in [0, 0.1) is 6.92 Å². The second kappa shape index (κ2) is 5.12. The fraction of sp³-hybridized carbons (Fsp3) is 0.308. The van der Waals surface area contributed by atoms with Crippen LogP contribution in [-0.4, -0.2) is 12.0 Å². The number of benzene rings is 1. The van der Waals surface area contributed by atoms with Crippen LogP contribution in [0.4, 0.5) is 5.13 Å². The Morgan fingerprint density at radius 1 is 1.31 bits per heavy atom. The summed E-state index contributed by atoms with van der Waals surface area (Å²) in [5.74, 6) is 0. The van der Waals surface area contributed by atoms with Crippen LogP contribution < -0.4 is 5.32 Å². The third-order valence-corrected chi connectivity index (χ3v) is 3.43. The molecule has 0 unspecified atom stereocenters. The smallest absolute Gasteiger partial charge is 0.182 e. The molecule has 0 spiro atoms. The molecule has 0 aliphatic carbocycles. The van der Waals surface area contributed by atoms with Gasteiger partial charge < -0.3 is 5.32 Å². The summed E-state index contributed by atoms with van der Waals surface area (Å²) >= 11 is 1.67. The minimum Gasteiger partial charge on any atom is -0.365 e. The lowest BCUT2D eigenvalue weighted by Gasteiger charge is -2.00. The zero-order valence-corrected chi connectivity index (χ0v) is 10.5. The van der Waals surface area contributed by atoms with Gasteiger partial charge in [0.2, 0.25) is 0 Å². The van der Waals surface area contributed by atoms with Crippen LogP contribution in [0.5, 0.6) is 0 Å². The predicted octanol–water partition coefficient (Wildman–Crippen LogP) is 3.28. The van der Waals surface area contributed by atoms with Gasteiger partial charge in [-0.1, -0.05) is 29.8 Å². The van der Waals surface area contributed by atoms with Gasteiger partial charge in [-0.3, -0.25) is 0 Å². The van der Waals surface area contributed by atoms with E-state index >= 15 is 0 Å². The van der Waals surface area contributed by atoms with Gasteiger partial charge in [-0.05, 0) is 25.3 Å². The van der Waals surface area contributed by atoms with Crippen molar-refractivity contribution in [2.45, 2.75) is 19.8 Å². The van der Waals surface area contributed by atoms with Gasteiger partial charge in [0.25, 0.3) is 0 Å². The molecule has 1 heterocycles. The zero-order chi connectivity index (χ0) is 11.4. The molecule has 84 valence electrons. The van der Waals surface area contributed by atoms with Gasteiger partial charge in [0.15, 0.2) is 5.13 Å². The first-order chi connectivity index (χ1) is 7.78. The van der Waals surface area contributed by atoms with Gasteiger partial charge >= 0.3 is 0 Å². The lowest BCUT2D eigenvalue weighted by Crippen LogP contribution is -1.93. The maximum absolute atomic E-state index is 4.47. The Morgan fingerprint density at radius 3 is 2.88 bits per heavy atom. The van der Waals surface area contributed by atoms with E-state index in [0.717, 1.165) is 18.0 Å². The molecule has 0 radical (unpaired) electrons. The van der Waals surface area contributed by atoms with Gasteiger partial charge in [0.05, 0.1) is 5.69 Å². The predicted molar refractivity (Wildman–Crippen MR) is 70.2 cm³/mol. The molecule has 0 aliphatic heterocycles. The number of nitrogens with zero attached hydrogens (tertiary/aromatic N) is 1. The number of hydrogen-bond donors (Lipinski definition) is 1. The minimum atomic E-state index is 0.999. The second-order valence-corrected chi connectivity index (χ2v) is 4.74. The molecule has 2 nitrogen and oxygen atoms in total. The monoisotopic (exact) mass is 232 g/mol. The maximum Gasteiger partial charge on any atom is 0.182 e. The van der Waals surface area contributed by atoms with E-state index in [4.69, 9.17) is 0 Å². The minimum absolute atomic E-state index is 0.999. The number of nitrogens with one attached hydrogen (secondary N) is 1. The quantitative estimate of drug-likeness (QED) is 0.875. The fourth-order valence-corrected chi connectivity index (χ4v) is 2.38. The number of rotatable bonds is 4. The van der Waals surface area contributed by atoms with Gasteiger partial charge in [0.1, 0.15) is 0 Å². The van der Waals surface area contributed by atoms with E-state index in [0.29, 0.717) is 0 Å². The Kier molecular flexibility index (Phi) is 3.57. The van der Waals surface area contributed by atoms with Crippen molar-refractivity contribution in [2.24, 2.45) is 0 Å². The van der Waals surface area contributed by atoms with Crippen LogP contribution in [0.3, 0.4) is 0 Å². The number of aromatic nitrogens is 1. The van der Waals surface area contributed by atoms with Crippen LogP contribution in [-0.2, 0) is 12.8 Å². The SMILES string of the molecule is CNc1nc(CCc2cccc(C)c2)cs1.